The van der Waals surface area contributed by atoms with Crippen LogP contribution in [0.2, 0.25) is 0 Å². The molecule has 19 nitrogen and oxygen atoms in total. The topological polar surface area (TPSA) is 282 Å². The van der Waals surface area contributed by atoms with Gasteiger partial charge in [-0.2, -0.15) is 0 Å². The molecule has 22 heteroatoms. The monoisotopic (exact) mass is 861 g/mol. The van der Waals surface area contributed by atoms with Crippen LogP contribution in [0.5, 0.6) is 0 Å². The van der Waals surface area contributed by atoms with E-state index in [4.69, 9.17) is 33.2 Å². The molecule has 320 valence electrons. The van der Waals surface area contributed by atoms with Crippen molar-refractivity contribution in [3.8, 4) is 0 Å². The van der Waals surface area contributed by atoms with Gasteiger partial charge >= 0.3 is 88.7 Å². The minimum Gasteiger partial charge on any atom is -0.853 e. The fourth-order valence-corrected chi connectivity index (χ4v) is 7.35. The van der Waals surface area contributed by atoms with Crippen LogP contribution >= 0.6 is 0 Å². The molecule has 3 saturated heterocycles. The van der Waals surface area contributed by atoms with E-state index in [-0.39, 0.29) is 141 Å². The molecular formula is C36H62N3Na3O16. The molecule has 15 atom stereocenters. The molecule has 3 amide bonds. The zero-order valence-corrected chi connectivity index (χ0v) is 41.8. The number of rotatable bonds is 20. The van der Waals surface area contributed by atoms with E-state index in [1.165, 1.54) is 20.8 Å². The molecule has 6 N–H and O–H groups in total. The van der Waals surface area contributed by atoms with Gasteiger partial charge in [-0.15, -0.1) is 19.8 Å². The van der Waals surface area contributed by atoms with Crippen molar-refractivity contribution in [2.24, 2.45) is 17.8 Å². The predicted molar refractivity (Wildman–Crippen MR) is 186 cm³/mol. The smallest absolute Gasteiger partial charge is 0.853 e. The van der Waals surface area contributed by atoms with Gasteiger partial charge in [-0.25, -0.2) is 0 Å². The second-order valence-electron chi connectivity index (χ2n) is 15.1. The number of hydrogen-bond acceptors (Lipinski definition) is 16. The van der Waals surface area contributed by atoms with Crippen molar-refractivity contribution in [3.63, 3.8) is 0 Å². The summed E-state index contributed by atoms with van der Waals surface area (Å²) >= 11 is 0. The first-order valence-electron chi connectivity index (χ1n) is 19.0. The Bertz CT molecular complexity index is 1200. The van der Waals surface area contributed by atoms with Gasteiger partial charge < -0.3 is 79.7 Å². The van der Waals surface area contributed by atoms with Crippen molar-refractivity contribution in [2.45, 2.75) is 134 Å². The first kappa shape index (κ1) is 58.9. The molecular weight excluding hydrogens is 799 g/mol. The fourth-order valence-electron chi connectivity index (χ4n) is 7.35. The summed E-state index contributed by atoms with van der Waals surface area (Å²) in [6.45, 7) is 7.91. The molecule has 0 spiro atoms. The molecule has 0 aliphatic carbocycles. The van der Waals surface area contributed by atoms with Crippen LogP contribution in [0.25, 0.3) is 0 Å². The maximum atomic E-state index is 12.4. The molecule has 0 bridgehead atoms. The number of aliphatic hydroxyl groups excluding tert-OH is 3. The van der Waals surface area contributed by atoms with Crippen molar-refractivity contribution in [1.29, 1.82) is 0 Å². The normalized spacial score (nSPS) is 34.9. The molecule has 58 heavy (non-hydrogen) atoms. The Morgan fingerprint density at radius 2 is 0.776 bits per heavy atom. The van der Waals surface area contributed by atoms with Crippen LogP contribution in [0.4, 0.5) is 0 Å². The van der Waals surface area contributed by atoms with E-state index >= 15 is 0 Å². The Morgan fingerprint density at radius 1 is 0.500 bits per heavy atom. The summed E-state index contributed by atoms with van der Waals surface area (Å²) in [5, 5.41) is 78.7. The molecule has 3 rings (SSSR count). The van der Waals surface area contributed by atoms with Crippen LogP contribution < -0.4 is 120 Å². The molecule has 3 aliphatic rings. The van der Waals surface area contributed by atoms with E-state index in [1.54, 1.807) is 0 Å². The van der Waals surface area contributed by atoms with Gasteiger partial charge in [-0.05, 0) is 27.7 Å². The standard InChI is InChI=1S/C36H62N3O16.3Na/c1-17(2)51-13-24-27(10-42)54-29(32(36(24)48)38-20(6)44)15-49-11-22-25(8-40)53-28(31(34(22)46)37-19(5)43)14-50-12-23-26(9-41)55-30(16-52-18(3)4)33(35(23)47)39-21(7)45;;;/h17-18,22-36,46-48H,8-16H2,1-7H3,(H,37,43)(H,38,44)(H,39,45);;;/q-3;3*+1. The van der Waals surface area contributed by atoms with E-state index < -0.39 is 128 Å². The maximum absolute atomic E-state index is 12.4. The zero-order valence-electron chi connectivity index (χ0n) is 35.8. The van der Waals surface area contributed by atoms with Crippen LogP contribution in [0.1, 0.15) is 48.5 Å². The Morgan fingerprint density at radius 3 is 1.05 bits per heavy atom. The number of ether oxygens (including phenoxy) is 7. The summed E-state index contributed by atoms with van der Waals surface area (Å²) in [6.07, 6.45) is -10.0. The van der Waals surface area contributed by atoms with Gasteiger partial charge in [-0.1, -0.05) is 0 Å². The number of carbonyl (C=O) groups is 3. The average molecular weight is 862 g/mol. The van der Waals surface area contributed by atoms with Gasteiger partial charge in [0.25, 0.3) is 0 Å². The Hall–Kier alpha value is 0.890. The van der Waals surface area contributed by atoms with Crippen molar-refractivity contribution in [3.05, 3.63) is 0 Å². The number of amides is 3. The van der Waals surface area contributed by atoms with Crippen molar-refractivity contribution in [1.82, 2.24) is 16.0 Å². The zero-order chi connectivity index (χ0) is 41.0. The summed E-state index contributed by atoms with van der Waals surface area (Å²) in [4.78, 5) is 36.3. The van der Waals surface area contributed by atoms with Crippen LogP contribution in [0.3, 0.4) is 0 Å². The second-order valence-corrected chi connectivity index (χ2v) is 15.1. The quantitative estimate of drug-likeness (QED) is 0.0620. The van der Waals surface area contributed by atoms with Crippen molar-refractivity contribution < 1.29 is 167 Å². The summed E-state index contributed by atoms with van der Waals surface area (Å²) in [5.41, 5.74) is 0. The fraction of sp³-hybridized carbons (Fsp3) is 0.917. The van der Waals surface area contributed by atoms with Crippen LogP contribution in [-0.4, -0.2) is 178 Å². The predicted octanol–water partition coefficient (Wildman–Crippen LogP) is -14.3. The van der Waals surface area contributed by atoms with E-state index in [2.05, 4.69) is 16.0 Å². The van der Waals surface area contributed by atoms with E-state index in [9.17, 15) is 45.0 Å². The molecule has 15 unspecified atom stereocenters. The van der Waals surface area contributed by atoms with E-state index in [1.807, 2.05) is 27.7 Å². The van der Waals surface area contributed by atoms with Gasteiger partial charge in [-0.3, -0.25) is 14.4 Å². The number of carbonyl (C=O) groups excluding carboxylic acids is 3. The summed E-state index contributed by atoms with van der Waals surface area (Å²) in [5.74, 6) is -3.92. The Kier molecular flexibility index (Phi) is 29.8. The number of aliphatic hydroxyl groups is 3. The third kappa shape index (κ3) is 17.5. The van der Waals surface area contributed by atoms with Crippen LogP contribution in [0.15, 0.2) is 0 Å². The maximum Gasteiger partial charge on any atom is 1.00 e. The minimum atomic E-state index is -1.37. The third-order valence-corrected chi connectivity index (χ3v) is 10.1. The first-order chi connectivity index (χ1) is 26.0. The molecule has 0 radical (unpaired) electrons. The summed E-state index contributed by atoms with van der Waals surface area (Å²) in [6, 6.07) is -2.94. The van der Waals surface area contributed by atoms with E-state index in [0.29, 0.717) is 0 Å². The molecule has 3 fully saturated rings. The minimum absolute atomic E-state index is 0. The average Bonchev–Trinajstić information content (AvgIpc) is 3.11. The van der Waals surface area contributed by atoms with Gasteiger partial charge in [0.1, 0.15) is 18.3 Å². The molecule has 0 aromatic carbocycles. The van der Waals surface area contributed by atoms with E-state index in [0.717, 1.165) is 0 Å². The SMILES string of the molecule is CC(=O)NC1C(COCC2C(C[O-])OC(COC(C)C)C(NC(C)=O)C2O)OC(C[O-])C(COCC2OC(C[O-])C(COC(C)C)C(O)C2NC(C)=O)C1O.[Na+].[Na+].[Na+]. The Labute approximate surface area is 407 Å². The van der Waals surface area contributed by atoms with Gasteiger partial charge in [0.2, 0.25) is 17.7 Å². The largest absolute Gasteiger partial charge is 1.00 e. The van der Waals surface area contributed by atoms with Gasteiger partial charge in [0.15, 0.2) is 0 Å². The third-order valence-electron chi connectivity index (χ3n) is 10.1. The molecule has 0 aromatic rings. The van der Waals surface area contributed by atoms with Crippen molar-refractivity contribution >= 4 is 17.7 Å². The molecule has 0 saturated carbocycles. The first-order valence-corrected chi connectivity index (χ1v) is 19.0. The number of nitrogens with one attached hydrogen (secondary N) is 3. The van der Waals surface area contributed by atoms with Crippen LogP contribution in [-0.2, 0) is 47.5 Å². The van der Waals surface area contributed by atoms with Gasteiger partial charge in [0.05, 0.1) is 107 Å². The van der Waals surface area contributed by atoms with Crippen molar-refractivity contribution in [2.75, 3.05) is 59.5 Å². The molecule has 0 aromatic heterocycles. The summed E-state index contributed by atoms with van der Waals surface area (Å²) in [7, 11) is 0. The molecule has 3 aliphatic heterocycles. The number of hydrogen-bond donors (Lipinski definition) is 6. The Balaban J connectivity index is 0.0000108. The molecule has 3 heterocycles. The van der Waals surface area contributed by atoms with Crippen LogP contribution in [0, 0.1) is 17.8 Å². The summed E-state index contributed by atoms with van der Waals surface area (Å²) < 4.78 is 41.1. The second kappa shape index (κ2) is 29.4. The van der Waals surface area contributed by atoms with Gasteiger partial charge in [0, 0.05) is 38.5 Å².